The van der Waals surface area contributed by atoms with Gasteiger partial charge in [-0.15, -0.1) is 11.3 Å². The molecule has 0 atom stereocenters. The first-order chi connectivity index (χ1) is 11.5. The maximum atomic E-state index is 12.3. The number of anilines is 2. The lowest BCUT2D eigenvalue weighted by molar-refractivity contribution is -0.121. The number of amides is 2. The number of Topliss-reactive ketones (excluding diaryl/α,β-unsaturated/α-hetero) is 1. The molecule has 1 aromatic carbocycles. The highest BCUT2D eigenvalue weighted by atomic mass is 32.1. The van der Waals surface area contributed by atoms with Crippen LogP contribution in [0.5, 0.6) is 0 Å². The number of carbonyl (C=O) groups is 3. The van der Waals surface area contributed by atoms with E-state index in [2.05, 4.69) is 10.3 Å². The Bertz CT molecular complexity index is 800. The molecule has 0 saturated carbocycles. The lowest BCUT2D eigenvalue weighted by Gasteiger charge is -2.22. The number of nitrogens with zero attached hydrogens (tertiary/aromatic N) is 2. The number of ketones is 1. The Hall–Kier alpha value is -2.54. The maximum absolute atomic E-state index is 12.3. The van der Waals surface area contributed by atoms with E-state index >= 15 is 0 Å². The summed E-state index contributed by atoms with van der Waals surface area (Å²) >= 11 is 1.19. The summed E-state index contributed by atoms with van der Waals surface area (Å²) in [5.74, 6) is -0.536. The molecule has 0 radical (unpaired) electrons. The molecule has 24 heavy (non-hydrogen) atoms. The van der Waals surface area contributed by atoms with Gasteiger partial charge < -0.3 is 10.2 Å². The lowest BCUT2D eigenvalue weighted by Crippen LogP contribution is -2.37. The molecule has 3 rings (SSSR count). The van der Waals surface area contributed by atoms with E-state index in [1.165, 1.54) is 23.2 Å². The summed E-state index contributed by atoms with van der Waals surface area (Å²) < 4.78 is 0. The summed E-state index contributed by atoms with van der Waals surface area (Å²) in [5.41, 5.74) is 2.19. The van der Waals surface area contributed by atoms with Crippen molar-refractivity contribution in [3.05, 3.63) is 40.9 Å². The van der Waals surface area contributed by atoms with E-state index in [1.807, 2.05) is 24.3 Å². The highest BCUT2D eigenvalue weighted by molar-refractivity contribution is 7.14. The van der Waals surface area contributed by atoms with Crippen LogP contribution in [0.4, 0.5) is 10.8 Å². The van der Waals surface area contributed by atoms with E-state index in [0.717, 1.165) is 24.1 Å². The van der Waals surface area contributed by atoms with Crippen LogP contribution in [0.25, 0.3) is 0 Å². The molecular formula is C17H17N3O3S. The SMILES string of the molecule is CC(=O)c1csc(NC(=O)CN2C(=O)CCCc3ccccc32)n1. The van der Waals surface area contributed by atoms with E-state index in [4.69, 9.17) is 0 Å². The minimum Gasteiger partial charge on any atom is -0.303 e. The van der Waals surface area contributed by atoms with E-state index in [9.17, 15) is 14.4 Å². The van der Waals surface area contributed by atoms with Crippen molar-refractivity contribution in [2.24, 2.45) is 0 Å². The van der Waals surface area contributed by atoms with Crippen LogP contribution < -0.4 is 10.2 Å². The monoisotopic (exact) mass is 343 g/mol. The van der Waals surface area contributed by atoms with Crippen LogP contribution in [-0.2, 0) is 16.0 Å². The molecule has 1 aliphatic rings. The van der Waals surface area contributed by atoms with Crippen LogP contribution in [0, 0.1) is 0 Å². The molecule has 7 heteroatoms. The Labute approximate surface area is 143 Å². The third-order valence-corrected chi connectivity index (χ3v) is 4.59. The minimum absolute atomic E-state index is 0.0568. The number of para-hydroxylation sites is 1. The van der Waals surface area contributed by atoms with Crippen molar-refractivity contribution in [1.82, 2.24) is 4.98 Å². The van der Waals surface area contributed by atoms with E-state index in [1.54, 1.807) is 5.38 Å². The van der Waals surface area contributed by atoms with Crippen LogP contribution in [0.15, 0.2) is 29.6 Å². The van der Waals surface area contributed by atoms with E-state index in [-0.39, 0.29) is 24.1 Å². The van der Waals surface area contributed by atoms with Crippen molar-refractivity contribution in [3.63, 3.8) is 0 Å². The normalized spacial score (nSPS) is 14.0. The molecule has 124 valence electrons. The van der Waals surface area contributed by atoms with Gasteiger partial charge in [0.1, 0.15) is 12.2 Å². The second-order valence-electron chi connectivity index (χ2n) is 5.60. The predicted molar refractivity (Wildman–Crippen MR) is 92.5 cm³/mol. The third kappa shape index (κ3) is 3.51. The average Bonchev–Trinajstić information content (AvgIpc) is 2.96. The number of nitrogens with one attached hydrogen (secondary N) is 1. The number of aromatic nitrogens is 1. The van der Waals surface area contributed by atoms with Gasteiger partial charge in [0.15, 0.2) is 10.9 Å². The summed E-state index contributed by atoms with van der Waals surface area (Å²) in [6.45, 7) is 1.36. The van der Waals surface area contributed by atoms with Gasteiger partial charge in [-0.05, 0) is 24.5 Å². The molecule has 0 saturated heterocycles. The molecule has 0 unspecified atom stereocenters. The fourth-order valence-corrected chi connectivity index (χ4v) is 3.42. The van der Waals surface area contributed by atoms with Gasteiger partial charge in [-0.2, -0.15) is 0 Å². The first kappa shape index (κ1) is 16.3. The standard InChI is InChI=1S/C17H17N3O3S/c1-11(21)13-10-24-17(18-13)19-15(22)9-20-14-7-3-2-5-12(14)6-4-8-16(20)23/h2-3,5,7,10H,4,6,8-9H2,1H3,(H,18,19,22). The summed E-state index contributed by atoms with van der Waals surface area (Å²) in [4.78, 5) is 41.5. The number of aryl methyl sites for hydroxylation is 1. The van der Waals surface area contributed by atoms with Crippen LogP contribution in [0.1, 0.15) is 35.8 Å². The molecule has 6 nitrogen and oxygen atoms in total. The molecule has 1 N–H and O–H groups in total. The molecule has 0 bridgehead atoms. The summed E-state index contributed by atoms with van der Waals surface area (Å²) in [6, 6.07) is 7.65. The third-order valence-electron chi connectivity index (χ3n) is 3.83. The fourth-order valence-electron chi connectivity index (χ4n) is 2.65. The Morgan fingerprint density at radius 2 is 2.08 bits per heavy atom. The van der Waals surface area contributed by atoms with Crippen LogP contribution in [-0.4, -0.2) is 29.1 Å². The summed E-state index contributed by atoms with van der Waals surface area (Å²) in [7, 11) is 0. The number of thiazole rings is 1. The molecule has 0 fully saturated rings. The van der Waals surface area contributed by atoms with Crippen LogP contribution >= 0.6 is 11.3 Å². The number of hydrogen-bond acceptors (Lipinski definition) is 5. The zero-order chi connectivity index (χ0) is 17.1. The van der Waals surface area contributed by atoms with E-state index in [0.29, 0.717) is 17.2 Å². The van der Waals surface area contributed by atoms with Gasteiger partial charge in [0.2, 0.25) is 11.8 Å². The van der Waals surface area contributed by atoms with Crippen molar-refractivity contribution in [2.45, 2.75) is 26.2 Å². The average molecular weight is 343 g/mol. The summed E-state index contributed by atoms with van der Waals surface area (Å²) in [5, 5.41) is 4.62. The quantitative estimate of drug-likeness (QED) is 0.866. The van der Waals surface area contributed by atoms with E-state index < -0.39 is 0 Å². The molecule has 0 spiro atoms. The van der Waals surface area contributed by atoms with Gasteiger partial charge in [0, 0.05) is 24.4 Å². The van der Waals surface area contributed by atoms with Crippen molar-refractivity contribution in [2.75, 3.05) is 16.8 Å². The van der Waals surface area contributed by atoms with Crippen molar-refractivity contribution >= 4 is 39.8 Å². The van der Waals surface area contributed by atoms with Gasteiger partial charge in [-0.3, -0.25) is 14.4 Å². The Morgan fingerprint density at radius 3 is 2.83 bits per heavy atom. The smallest absolute Gasteiger partial charge is 0.246 e. The zero-order valence-electron chi connectivity index (χ0n) is 13.2. The number of benzene rings is 1. The first-order valence-electron chi connectivity index (χ1n) is 7.69. The second-order valence-corrected chi connectivity index (χ2v) is 6.46. The van der Waals surface area contributed by atoms with Crippen molar-refractivity contribution < 1.29 is 14.4 Å². The zero-order valence-corrected chi connectivity index (χ0v) is 14.1. The highest BCUT2D eigenvalue weighted by Crippen LogP contribution is 2.26. The molecule has 2 aromatic rings. The van der Waals surface area contributed by atoms with Gasteiger partial charge >= 0.3 is 0 Å². The van der Waals surface area contributed by atoms with Crippen LogP contribution in [0.3, 0.4) is 0 Å². The number of fused-ring (bicyclic) bond motifs is 1. The first-order valence-corrected chi connectivity index (χ1v) is 8.57. The van der Waals surface area contributed by atoms with Crippen LogP contribution in [0.2, 0.25) is 0 Å². The molecule has 2 amide bonds. The van der Waals surface area contributed by atoms with Gasteiger partial charge in [-0.25, -0.2) is 4.98 Å². The van der Waals surface area contributed by atoms with Gasteiger partial charge in [0.25, 0.3) is 0 Å². The summed E-state index contributed by atoms with van der Waals surface area (Å²) in [6.07, 6.45) is 2.03. The highest BCUT2D eigenvalue weighted by Gasteiger charge is 2.24. The maximum Gasteiger partial charge on any atom is 0.246 e. The van der Waals surface area contributed by atoms with Crippen molar-refractivity contribution in [3.8, 4) is 0 Å². The predicted octanol–water partition coefficient (Wildman–Crippen LogP) is 2.65. The lowest BCUT2D eigenvalue weighted by atomic mass is 10.1. The second kappa shape index (κ2) is 6.92. The van der Waals surface area contributed by atoms with Gasteiger partial charge in [0.05, 0.1) is 0 Å². The number of rotatable bonds is 4. The Balaban J connectivity index is 1.75. The Kier molecular flexibility index (Phi) is 4.71. The molecule has 1 aliphatic heterocycles. The Morgan fingerprint density at radius 1 is 1.29 bits per heavy atom. The minimum atomic E-state index is -0.329. The van der Waals surface area contributed by atoms with Crippen molar-refractivity contribution in [1.29, 1.82) is 0 Å². The molecule has 2 heterocycles. The number of hydrogen-bond donors (Lipinski definition) is 1. The number of carbonyl (C=O) groups excluding carboxylic acids is 3. The molecular weight excluding hydrogens is 326 g/mol. The van der Waals surface area contributed by atoms with Gasteiger partial charge in [-0.1, -0.05) is 18.2 Å². The fraction of sp³-hybridized carbons (Fsp3) is 0.294. The molecule has 1 aromatic heterocycles. The largest absolute Gasteiger partial charge is 0.303 e. The topological polar surface area (TPSA) is 79.4 Å². The molecule has 0 aliphatic carbocycles.